The monoisotopic (exact) mass is 277 g/mol. The van der Waals surface area contributed by atoms with Crippen LogP contribution in [0.4, 0.5) is 0 Å². The summed E-state index contributed by atoms with van der Waals surface area (Å²) in [7, 11) is 0. The van der Waals surface area contributed by atoms with Gasteiger partial charge in [-0.3, -0.25) is 9.59 Å². The van der Waals surface area contributed by atoms with Gasteiger partial charge in [-0.25, -0.2) is 0 Å². The van der Waals surface area contributed by atoms with Gasteiger partial charge in [0.15, 0.2) is 0 Å². The number of aliphatic carboxylic acids is 1. The van der Waals surface area contributed by atoms with Crippen LogP contribution in [0.15, 0.2) is 24.3 Å². The molecule has 5 heteroatoms. The van der Waals surface area contributed by atoms with E-state index in [2.05, 4.69) is 5.32 Å². The van der Waals surface area contributed by atoms with E-state index in [-0.39, 0.29) is 24.3 Å². The third kappa shape index (κ3) is 3.50. The summed E-state index contributed by atoms with van der Waals surface area (Å²) in [5.74, 6) is -0.362. The van der Waals surface area contributed by atoms with Crippen molar-refractivity contribution < 1.29 is 19.4 Å². The highest BCUT2D eigenvalue weighted by molar-refractivity contribution is 5.85. The molecule has 0 bridgehead atoms. The summed E-state index contributed by atoms with van der Waals surface area (Å²) in [6.45, 7) is 2.26. The number of para-hydroxylation sites is 1. The Bertz CT molecular complexity index is 500. The Balaban J connectivity index is 1.85. The SMILES string of the molecule is CC(CCCC(=O)O)NC(=O)C1COc2ccccc21. The molecule has 2 rings (SSSR count). The molecule has 0 spiro atoms. The summed E-state index contributed by atoms with van der Waals surface area (Å²) in [5, 5.41) is 11.5. The van der Waals surface area contributed by atoms with Gasteiger partial charge in [-0.2, -0.15) is 0 Å². The number of ether oxygens (including phenoxy) is 1. The van der Waals surface area contributed by atoms with E-state index >= 15 is 0 Å². The molecular weight excluding hydrogens is 258 g/mol. The van der Waals surface area contributed by atoms with Crippen LogP contribution in [-0.4, -0.2) is 29.6 Å². The molecule has 2 unspecified atom stereocenters. The highest BCUT2D eigenvalue weighted by atomic mass is 16.5. The van der Waals surface area contributed by atoms with E-state index in [4.69, 9.17) is 9.84 Å². The minimum absolute atomic E-state index is 0.0328. The molecule has 5 nitrogen and oxygen atoms in total. The van der Waals surface area contributed by atoms with Gasteiger partial charge < -0.3 is 15.2 Å². The van der Waals surface area contributed by atoms with Gasteiger partial charge in [-0.15, -0.1) is 0 Å². The van der Waals surface area contributed by atoms with Gasteiger partial charge in [0.1, 0.15) is 18.3 Å². The highest BCUT2D eigenvalue weighted by Gasteiger charge is 2.30. The van der Waals surface area contributed by atoms with Crippen molar-refractivity contribution in [2.45, 2.75) is 38.1 Å². The average molecular weight is 277 g/mol. The first-order chi connectivity index (χ1) is 9.58. The average Bonchev–Trinajstić information content (AvgIpc) is 2.82. The molecule has 20 heavy (non-hydrogen) atoms. The van der Waals surface area contributed by atoms with Gasteiger partial charge in [0, 0.05) is 18.0 Å². The van der Waals surface area contributed by atoms with Crippen molar-refractivity contribution in [1.82, 2.24) is 5.32 Å². The van der Waals surface area contributed by atoms with Crippen LogP contribution in [0.25, 0.3) is 0 Å². The quantitative estimate of drug-likeness (QED) is 0.833. The van der Waals surface area contributed by atoms with Crippen LogP contribution in [-0.2, 0) is 9.59 Å². The maximum absolute atomic E-state index is 12.2. The predicted molar refractivity (Wildman–Crippen MR) is 73.8 cm³/mol. The summed E-state index contributed by atoms with van der Waals surface area (Å²) in [6.07, 6.45) is 1.36. The fraction of sp³-hybridized carbons (Fsp3) is 0.467. The molecule has 1 aromatic rings. The van der Waals surface area contributed by atoms with Crippen molar-refractivity contribution in [3.05, 3.63) is 29.8 Å². The van der Waals surface area contributed by atoms with Gasteiger partial charge in [0.2, 0.25) is 5.91 Å². The zero-order chi connectivity index (χ0) is 14.5. The minimum atomic E-state index is -0.804. The number of hydrogen-bond acceptors (Lipinski definition) is 3. The fourth-order valence-corrected chi connectivity index (χ4v) is 2.35. The Morgan fingerprint density at radius 2 is 2.20 bits per heavy atom. The van der Waals surface area contributed by atoms with Crippen molar-refractivity contribution in [2.24, 2.45) is 0 Å². The van der Waals surface area contributed by atoms with Crippen molar-refractivity contribution in [1.29, 1.82) is 0 Å². The Morgan fingerprint density at radius 1 is 1.45 bits per heavy atom. The lowest BCUT2D eigenvalue weighted by molar-refractivity contribution is -0.137. The molecule has 1 aromatic carbocycles. The second kappa shape index (κ2) is 6.41. The Kier molecular flexibility index (Phi) is 4.61. The van der Waals surface area contributed by atoms with E-state index in [0.717, 1.165) is 11.3 Å². The molecule has 0 aliphatic carbocycles. The Morgan fingerprint density at radius 3 is 2.95 bits per heavy atom. The van der Waals surface area contributed by atoms with Crippen LogP contribution in [0.5, 0.6) is 5.75 Å². The molecular formula is C15H19NO4. The number of carboxylic acids is 1. The van der Waals surface area contributed by atoms with E-state index in [1.807, 2.05) is 31.2 Å². The molecule has 108 valence electrons. The number of carbonyl (C=O) groups is 2. The van der Waals surface area contributed by atoms with Crippen LogP contribution in [0.1, 0.15) is 37.7 Å². The number of nitrogens with one attached hydrogen (secondary N) is 1. The van der Waals surface area contributed by atoms with Gasteiger partial charge in [-0.1, -0.05) is 18.2 Å². The van der Waals surface area contributed by atoms with Crippen molar-refractivity contribution in [2.75, 3.05) is 6.61 Å². The second-order valence-corrected chi connectivity index (χ2v) is 5.10. The summed E-state index contributed by atoms with van der Waals surface area (Å²) in [5.41, 5.74) is 0.919. The van der Waals surface area contributed by atoms with Crippen molar-refractivity contribution in [3.8, 4) is 5.75 Å². The predicted octanol–water partition coefficient (Wildman–Crippen LogP) is 1.92. The van der Waals surface area contributed by atoms with E-state index in [1.165, 1.54) is 0 Å². The standard InChI is InChI=1S/C15H19NO4/c1-10(5-4-8-14(17)18)16-15(19)12-9-20-13-7-3-2-6-11(12)13/h2-3,6-7,10,12H,4-5,8-9H2,1H3,(H,16,19)(H,17,18). The molecule has 0 saturated carbocycles. The van der Waals surface area contributed by atoms with Crippen molar-refractivity contribution in [3.63, 3.8) is 0 Å². The van der Waals surface area contributed by atoms with Crippen molar-refractivity contribution >= 4 is 11.9 Å². The number of fused-ring (bicyclic) bond motifs is 1. The van der Waals surface area contributed by atoms with Crippen LogP contribution in [0.3, 0.4) is 0 Å². The lowest BCUT2D eigenvalue weighted by Crippen LogP contribution is -2.36. The molecule has 2 atom stereocenters. The van der Waals surface area contributed by atoms with E-state index in [9.17, 15) is 9.59 Å². The van der Waals surface area contributed by atoms with Gasteiger partial charge in [-0.05, 0) is 25.8 Å². The number of carboxylic acid groups (broad SMARTS) is 1. The molecule has 0 saturated heterocycles. The zero-order valence-electron chi connectivity index (χ0n) is 11.5. The normalized spacial score (nSPS) is 17.9. The van der Waals surface area contributed by atoms with Gasteiger partial charge in [0.25, 0.3) is 0 Å². The fourth-order valence-electron chi connectivity index (χ4n) is 2.35. The van der Waals surface area contributed by atoms with E-state index in [1.54, 1.807) is 0 Å². The molecule has 1 aliphatic heterocycles. The van der Waals surface area contributed by atoms with Crippen LogP contribution >= 0.6 is 0 Å². The van der Waals surface area contributed by atoms with Gasteiger partial charge >= 0.3 is 5.97 Å². The first-order valence-electron chi connectivity index (χ1n) is 6.82. The Labute approximate surface area is 117 Å². The molecule has 1 amide bonds. The summed E-state index contributed by atoms with van der Waals surface area (Å²) in [4.78, 5) is 22.7. The third-order valence-corrected chi connectivity index (χ3v) is 3.43. The molecule has 0 radical (unpaired) electrons. The van der Waals surface area contributed by atoms with Gasteiger partial charge in [0.05, 0.1) is 0 Å². The topological polar surface area (TPSA) is 75.6 Å². The number of rotatable bonds is 6. The molecule has 1 heterocycles. The lowest BCUT2D eigenvalue weighted by atomic mass is 10.00. The number of amides is 1. The maximum Gasteiger partial charge on any atom is 0.303 e. The van der Waals surface area contributed by atoms with Crippen LogP contribution < -0.4 is 10.1 Å². The van der Waals surface area contributed by atoms with Crippen LogP contribution in [0, 0.1) is 0 Å². The highest BCUT2D eigenvalue weighted by Crippen LogP contribution is 2.33. The first-order valence-corrected chi connectivity index (χ1v) is 6.82. The van der Waals surface area contributed by atoms with Crippen LogP contribution in [0.2, 0.25) is 0 Å². The summed E-state index contributed by atoms with van der Waals surface area (Å²) in [6, 6.07) is 7.51. The Hall–Kier alpha value is -2.04. The molecule has 2 N–H and O–H groups in total. The first kappa shape index (κ1) is 14.4. The van der Waals surface area contributed by atoms with E-state index in [0.29, 0.717) is 19.4 Å². The zero-order valence-corrected chi connectivity index (χ0v) is 11.5. The maximum atomic E-state index is 12.2. The summed E-state index contributed by atoms with van der Waals surface area (Å²) >= 11 is 0. The minimum Gasteiger partial charge on any atom is -0.492 e. The number of carbonyl (C=O) groups excluding carboxylic acids is 1. The molecule has 0 aromatic heterocycles. The molecule has 1 aliphatic rings. The largest absolute Gasteiger partial charge is 0.492 e. The summed E-state index contributed by atoms with van der Waals surface area (Å²) < 4.78 is 5.49. The second-order valence-electron chi connectivity index (χ2n) is 5.10. The third-order valence-electron chi connectivity index (χ3n) is 3.43. The molecule has 0 fully saturated rings. The number of hydrogen-bond donors (Lipinski definition) is 2. The smallest absolute Gasteiger partial charge is 0.303 e. The van der Waals surface area contributed by atoms with E-state index < -0.39 is 5.97 Å². The lowest BCUT2D eigenvalue weighted by Gasteiger charge is -2.16. The number of benzene rings is 1.